The van der Waals surface area contributed by atoms with E-state index >= 15 is 0 Å². The van der Waals surface area contributed by atoms with Gasteiger partial charge in [-0.3, -0.25) is 4.98 Å². The average molecular weight is 138 g/mol. The van der Waals surface area contributed by atoms with E-state index in [4.69, 9.17) is 0 Å². The van der Waals surface area contributed by atoms with E-state index in [9.17, 15) is 4.79 Å². The van der Waals surface area contributed by atoms with E-state index < -0.39 is 5.69 Å². The van der Waals surface area contributed by atoms with Gasteiger partial charge < -0.3 is 0 Å². The summed E-state index contributed by atoms with van der Waals surface area (Å²) in [6, 6.07) is 0. The molecule has 0 bridgehead atoms. The van der Waals surface area contributed by atoms with Crippen LogP contribution in [0.1, 0.15) is 0 Å². The molecule has 2 heterocycles. The Morgan fingerprint density at radius 2 is 2.50 bits per heavy atom. The summed E-state index contributed by atoms with van der Waals surface area (Å²) in [6.45, 7) is 0. The first-order valence-electron chi connectivity index (χ1n) is 2.50. The van der Waals surface area contributed by atoms with E-state index in [-0.39, 0.29) is 5.78 Å². The third-order valence-corrected chi connectivity index (χ3v) is 1.01. The van der Waals surface area contributed by atoms with Crippen LogP contribution in [0.5, 0.6) is 0 Å². The summed E-state index contributed by atoms with van der Waals surface area (Å²) < 4.78 is 0.972. The summed E-state index contributed by atoms with van der Waals surface area (Å²) in [7, 11) is 0. The number of H-pyrrole nitrogens is 1. The molecule has 2 rings (SSSR count). The van der Waals surface area contributed by atoms with Crippen LogP contribution in [-0.4, -0.2) is 30.0 Å². The van der Waals surface area contributed by atoms with E-state index in [1.807, 2.05) is 0 Å². The number of aromatic amines is 1. The molecule has 0 aromatic carbocycles. The molecule has 0 saturated heterocycles. The minimum absolute atomic E-state index is 0.198. The molecule has 2 aromatic rings. The van der Waals surface area contributed by atoms with Crippen LogP contribution in [0, 0.1) is 0 Å². The predicted octanol–water partition coefficient (Wildman–Crippen LogP) is -1.79. The number of hydrogen-bond acceptors (Lipinski definition) is 5. The van der Waals surface area contributed by atoms with Gasteiger partial charge in [0.05, 0.1) is 0 Å². The molecule has 0 unspecified atom stereocenters. The Kier molecular flexibility index (Phi) is 0.802. The maximum Gasteiger partial charge on any atom is 0.352 e. The second kappa shape index (κ2) is 1.59. The van der Waals surface area contributed by atoms with Crippen molar-refractivity contribution in [3.8, 4) is 0 Å². The molecule has 0 saturated carbocycles. The van der Waals surface area contributed by atoms with Gasteiger partial charge in [-0.25, -0.2) is 4.79 Å². The fourth-order valence-corrected chi connectivity index (χ4v) is 0.601. The predicted molar refractivity (Wildman–Crippen MR) is 29.2 cm³/mol. The molecule has 2 aromatic heterocycles. The Balaban J connectivity index is 3.09. The number of fused-ring (bicyclic) bond motifs is 1. The SMILES string of the molecule is O=c1[nH]cnc2nnnn12. The van der Waals surface area contributed by atoms with Gasteiger partial charge in [0.2, 0.25) is 0 Å². The molecule has 0 fully saturated rings. The fraction of sp³-hybridized carbons (Fsp3) is 0. The third kappa shape index (κ3) is 0.508. The van der Waals surface area contributed by atoms with Gasteiger partial charge in [0.15, 0.2) is 0 Å². The van der Waals surface area contributed by atoms with Gasteiger partial charge in [0, 0.05) is 0 Å². The van der Waals surface area contributed by atoms with Crippen LogP contribution < -0.4 is 5.69 Å². The van der Waals surface area contributed by atoms with E-state index in [1.54, 1.807) is 0 Å². The van der Waals surface area contributed by atoms with Crippen LogP contribution in [-0.2, 0) is 0 Å². The molecule has 1 N–H and O–H groups in total. The molecule has 0 aliphatic carbocycles. The van der Waals surface area contributed by atoms with Crippen LogP contribution in [0.15, 0.2) is 11.1 Å². The van der Waals surface area contributed by atoms with E-state index in [0.717, 1.165) is 4.52 Å². The first-order chi connectivity index (χ1) is 4.88. The van der Waals surface area contributed by atoms with Gasteiger partial charge in [-0.1, -0.05) is 5.10 Å². The number of nitrogens with one attached hydrogen (secondary N) is 1. The largest absolute Gasteiger partial charge is 0.352 e. The Hall–Kier alpha value is -1.79. The maximum absolute atomic E-state index is 10.8. The maximum atomic E-state index is 10.8. The minimum Gasteiger partial charge on any atom is -0.296 e. The Morgan fingerprint density at radius 3 is 3.30 bits per heavy atom. The number of tetrazole rings is 1. The van der Waals surface area contributed by atoms with Crippen molar-refractivity contribution in [2.75, 3.05) is 0 Å². The average Bonchev–Trinajstić information content (AvgIpc) is 2.36. The van der Waals surface area contributed by atoms with E-state index in [1.165, 1.54) is 6.33 Å². The zero-order valence-electron chi connectivity index (χ0n) is 4.72. The summed E-state index contributed by atoms with van der Waals surface area (Å²) in [5.74, 6) is 0.198. The molecule has 0 aliphatic rings. The molecule has 0 radical (unpaired) electrons. The normalized spacial score (nSPS) is 10.4. The van der Waals surface area contributed by atoms with Gasteiger partial charge in [-0.05, 0) is 10.4 Å². The number of aromatic nitrogens is 6. The Morgan fingerprint density at radius 1 is 1.60 bits per heavy atom. The zero-order chi connectivity index (χ0) is 6.97. The van der Waals surface area contributed by atoms with Crippen molar-refractivity contribution < 1.29 is 0 Å². The molecular weight excluding hydrogens is 136 g/mol. The lowest BCUT2D eigenvalue weighted by molar-refractivity contribution is 0.773. The third-order valence-electron chi connectivity index (χ3n) is 1.01. The van der Waals surface area contributed by atoms with Crippen molar-refractivity contribution in [3.05, 3.63) is 16.8 Å². The van der Waals surface area contributed by atoms with Gasteiger partial charge in [0.25, 0.3) is 5.78 Å². The summed E-state index contributed by atoms with van der Waals surface area (Å²) >= 11 is 0. The molecule has 50 valence electrons. The quantitative estimate of drug-likeness (QED) is 0.464. The van der Waals surface area contributed by atoms with Gasteiger partial charge in [0.1, 0.15) is 6.33 Å². The van der Waals surface area contributed by atoms with Crippen LogP contribution in [0.4, 0.5) is 0 Å². The molecule has 7 nitrogen and oxygen atoms in total. The number of rotatable bonds is 0. The van der Waals surface area contributed by atoms with Crippen molar-refractivity contribution >= 4 is 5.78 Å². The molecule has 0 amide bonds. The minimum atomic E-state index is -0.394. The Bertz CT molecular complexity index is 400. The van der Waals surface area contributed by atoms with Crippen LogP contribution >= 0.6 is 0 Å². The number of hydrogen-bond donors (Lipinski definition) is 1. The highest BCUT2D eigenvalue weighted by Gasteiger charge is 1.97. The molecule has 10 heavy (non-hydrogen) atoms. The van der Waals surface area contributed by atoms with Gasteiger partial charge in [-0.2, -0.15) is 4.98 Å². The van der Waals surface area contributed by atoms with Crippen molar-refractivity contribution in [1.29, 1.82) is 0 Å². The highest BCUT2D eigenvalue weighted by atomic mass is 16.1. The summed E-state index contributed by atoms with van der Waals surface area (Å²) in [6.07, 6.45) is 1.24. The number of nitrogens with zero attached hydrogens (tertiary/aromatic N) is 5. The zero-order valence-corrected chi connectivity index (χ0v) is 4.72. The molecule has 0 spiro atoms. The van der Waals surface area contributed by atoms with Gasteiger partial charge >= 0.3 is 5.69 Å². The lowest BCUT2D eigenvalue weighted by Gasteiger charge is -1.82. The standard InChI is InChI=1S/C3H2N6O/c10-3-5-1-4-2-6-7-8-9(2)3/h1H,(H,4,5,6,8,10). The van der Waals surface area contributed by atoms with Crippen molar-refractivity contribution in [2.24, 2.45) is 0 Å². The van der Waals surface area contributed by atoms with E-state index in [2.05, 4.69) is 25.5 Å². The fourth-order valence-electron chi connectivity index (χ4n) is 0.601. The first-order valence-corrected chi connectivity index (χ1v) is 2.50. The van der Waals surface area contributed by atoms with E-state index in [0.29, 0.717) is 0 Å². The lowest BCUT2D eigenvalue weighted by Crippen LogP contribution is -2.17. The van der Waals surface area contributed by atoms with Crippen LogP contribution in [0.25, 0.3) is 5.78 Å². The smallest absolute Gasteiger partial charge is 0.296 e. The van der Waals surface area contributed by atoms with Gasteiger partial charge in [-0.15, -0.1) is 4.52 Å². The van der Waals surface area contributed by atoms with Crippen molar-refractivity contribution in [2.45, 2.75) is 0 Å². The Labute approximate surface area is 53.7 Å². The lowest BCUT2D eigenvalue weighted by atomic mass is 11.0. The van der Waals surface area contributed by atoms with Crippen molar-refractivity contribution in [1.82, 2.24) is 30.0 Å². The molecule has 0 aliphatic heterocycles. The molecule has 0 atom stereocenters. The van der Waals surface area contributed by atoms with Crippen LogP contribution in [0.3, 0.4) is 0 Å². The van der Waals surface area contributed by atoms with Crippen LogP contribution in [0.2, 0.25) is 0 Å². The molecule has 7 heteroatoms. The highest BCUT2D eigenvalue weighted by molar-refractivity contribution is 5.18. The molecular formula is C3H2N6O. The summed E-state index contributed by atoms with van der Waals surface area (Å²) in [4.78, 5) is 16.8. The highest BCUT2D eigenvalue weighted by Crippen LogP contribution is 1.77. The second-order valence-electron chi connectivity index (χ2n) is 1.60. The van der Waals surface area contributed by atoms with Crippen molar-refractivity contribution in [3.63, 3.8) is 0 Å². The first kappa shape index (κ1) is 5.03. The summed E-state index contributed by atoms with van der Waals surface area (Å²) in [5.41, 5.74) is -0.394. The second-order valence-corrected chi connectivity index (χ2v) is 1.60. The topological polar surface area (TPSA) is 88.8 Å². The summed E-state index contributed by atoms with van der Waals surface area (Å²) in [5, 5.41) is 10.1. The monoisotopic (exact) mass is 138 g/mol.